The summed E-state index contributed by atoms with van der Waals surface area (Å²) < 4.78 is 13.1. The first-order valence-electron chi connectivity index (χ1n) is 7.41. The van der Waals surface area contributed by atoms with Crippen molar-refractivity contribution in [2.45, 2.75) is 6.42 Å². The van der Waals surface area contributed by atoms with Crippen molar-refractivity contribution in [1.29, 1.82) is 0 Å². The number of carbonyl (C=O) groups is 1. The quantitative estimate of drug-likeness (QED) is 0.741. The second-order valence-corrected chi connectivity index (χ2v) is 5.26. The summed E-state index contributed by atoms with van der Waals surface area (Å²) in [4.78, 5) is 18.6. The van der Waals surface area contributed by atoms with E-state index in [0.29, 0.717) is 17.5 Å². The molecule has 3 aromatic rings. The topological polar surface area (TPSA) is 66.0 Å². The predicted molar refractivity (Wildman–Crippen MR) is 90.1 cm³/mol. The lowest BCUT2D eigenvalue weighted by molar-refractivity contribution is 0.0697. The van der Waals surface area contributed by atoms with Gasteiger partial charge in [0.2, 0.25) is 0 Å². The van der Waals surface area contributed by atoms with Crippen LogP contribution < -0.4 is 0 Å². The summed E-state index contributed by atoms with van der Waals surface area (Å²) >= 11 is 0. The molecule has 0 saturated carbocycles. The Bertz CT molecular complexity index is 869. The molecule has 0 aliphatic heterocycles. The highest BCUT2D eigenvalue weighted by atomic mass is 19.1. The summed E-state index contributed by atoms with van der Waals surface area (Å²) in [5, 5.41) is 9.37. The number of nitrogens with one attached hydrogen (secondary N) is 1. The molecule has 0 unspecified atom stereocenters. The Hall–Kier alpha value is -3.21. The number of aromatic nitrogens is 2. The maximum Gasteiger partial charge on any atom is 0.336 e. The van der Waals surface area contributed by atoms with Crippen molar-refractivity contribution >= 4 is 12.0 Å². The minimum atomic E-state index is -1.01. The lowest BCUT2D eigenvalue weighted by atomic mass is 9.97. The highest BCUT2D eigenvalue weighted by molar-refractivity contribution is 5.96. The molecule has 0 radical (unpaired) electrons. The average Bonchev–Trinajstić information content (AvgIpc) is 3.09. The van der Waals surface area contributed by atoms with E-state index in [2.05, 4.69) is 9.97 Å². The van der Waals surface area contributed by atoms with Gasteiger partial charge in [0.05, 0.1) is 5.56 Å². The molecule has 120 valence electrons. The van der Waals surface area contributed by atoms with Crippen molar-refractivity contribution in [3.05, 3.63) is 83.7 Å². The zero-order valence-electron chi connectivity index (χ0n) is 12.7. The van der Waals surface area contributed by atoms with Crippen LogP contribution in [-0.4, -0.2) is 21.0 Å². The molecule has 1 aromatic heterocycles. The number of imidazole rings is 1. The lowest BCUT2D eigenvalue weighted by Gasteiger charge is -2.08. The second kappa shape index (κ2) is 6.91. The molecule has 4 nitrogen and oxygen atoms in total. The van der Waals surface area contributed by atoms with E-state index in [1.807, 2.05) is 12.2 Å². The van der Waals surface area contributed by atoms with E-state index in [1.165, 1.54) is 12.1 Å². The molecule has 3 rings (SSSR count). The fourth-order valence-electron chi connectivity index (χ4n) is 2.44. The molecule has 0 spiro atoms. The van der Waals surface area contributed by atoms with Gasteiger partial charge >= 0.3 is 5.97 Å². The second-order valence-electron chi connectivity index (χ2n) is 5.26. The highest BCUT2D eigenvalue weighted by Crippen LogP contribution is 2.26. The van der Waals surface area contributed by atoms with Crippen molar-refractivity contribution in [2.75, 3.05) is 0 Å². The third kappa shape index (κ3) is 3.57. The Labute approximate surface area is 138 Å². The molecular weight excluding hydrogens is 307 g/mol. The Morgan fingerprint density at radius 1 is 1.21 bits per heavy atom. The average molecular weight is 322 g/mol. The zero-order chi connectivity index (χ0) is 16.9. The number of aromatic carboxylic acids is 1. The number of aromatic amines is 1. The lowest BCUT2D eigenvalue weighted by Crippen LogP contribution is -2.00. The van der Waals surface area contributed by atoms with Gasteiger partial charge in [-0.3, -0.25) is 0 Å². The van der Waals surface area contributed by atoms with Crippen molar-refractivity contribution in [3.63, 3.8) is 0 Å². The fourth-order valence-corrected chi connectivity index (χ4v) is 2.44. The molecule has 2 N–H and O–H groups in total. The van der Waals surface area contributed by atoms with Gasteiger partial charge in [-0.05, 0) is 41.0 Å². The van der Waals surface area contributed by atoms with Crippen molar-refractivity contribution < 1.29 is 14.3 Å². The van der Waals surface area contributed by atoms with Crippen LogP contribution in [0.2, 0.25) is 0 Å². The largest absolute Gasteiger partial charge is 0.478 e. The van der Waals surface area contributed by atoms with Gasteiger partial charge in [0, 0.05) is 18.8 Å². The molecule has 24 heavy (non-hydrogen) atoms. The van der Waals surface area contributed by atoms with Gasteiger partial charge in [-0.1, -0.05) is 30.4 Å². The number of benzene rings is 2. The van der Waals surface area contributed by atoms with E-state index < -0.39 is 5.97 Å². The van der Waals surface area contributed by atoms with Gasteiger partial charge in [-0.25, -0.2) is 14.2 Å². The number of carboxylic acids is 1. The normalized spacial score (nSPS) is 11.0. The maximum atomic E-state index is 13.1. The van der Waals surface area contributed by atoms with Gasteiger partial charge in [-0.2, -0.15) is 0 Å². The van der Waals surface area contributed by atoms with Gasteiger partial charge in [-0.15, -0.1) is 0 Å². The number of allylic oxidation sites excluding steroid dienone is 1. The minimum absolute atomic E-state index is 0.185. The van der Waals surface area contributed by atoms with E-state index in [0.717, 1.165) is 11.4 Å². The van der Waals surface area contributed by atoms with E-state index >= 15 is 0 Å². The number of carboxylic acid groups (broad SMARTS) is 1. The molecule has 2 aromatic carbocycles. The Morgan fingerprint density at radius 3 is 2.67 bits per heavy atom. The van der Waals surface area contributed by atoms with Crippen LogP contribution in [0.15, 0.2) is 60.9 Å². The van der Waals surface area contributed by atoms with Crippen molar-refractivity contribution in [1.82, 2.24) is 9.97 Å². The fraction of sp³-hybridized carbons (Fsp3) is 0.0526. The maximum absolute atomic E-state index is 13.1. The standard InChI is InChI=1S/C19H15FN2O2/c20-15-7-5-14(6-8-15)17-12-13(4-9-16(17)19(23)24)2-1-3-18-21-10-11-22-18/h1-2,4-12H,3H2,(H,21,22)(H,23,24)/b2-1+. The van der Waals surface area contributed by atoms with Gasteiger partial charge in [0.25, 0.3) is 0 Å². The summed E-state index contributed by atoms with van der Waals surface area (Å²) in [7, 11) is 0. The molecule has 0 saturated heterocycles. The Kier molecular flexibility index (Phi) is 4.52. The Balaban J connectivity index is 1.92. The summed E-state index contributed by atoms with van der Waals surface area (Å²) in [5.41, 5.74) is 2.27. The predicted octanol–water partition coefficient (Wildman–Crippen LogP) is 4.17. The monoisotopic (exact) mass is 322 g/mol. The van der Waals surface area contributed by atoms with Crippen LogP contribution >= 0.6 is 0 Å². The number of rotatable bonds is 5. The third-order valence-corrected chi connectivity index (χ3v) is 3.61. The Morgan fingerprint density at radius 2 is 2.00 bits per heavy atom. The minimum Gasteiger partial charge on any atom is -0.478 e. The molecule has 0 aliphatic rings. The first kappa shape index (κ1) is 15.7. The first-order chi connectivity index (χ1) is 11.6. The van der Waals surface area contributed by atoms with E-state index in [1.54, 1.807) is 42.7 Å². The van der Waals surface area contributed by atoms with E-state index in [4.69, 9.17) is 0 Å². The summed E-state index contributed by atoms with van der Waals surface area (Å²) in [6.07, 6.45) is 7.96. The zero-order valence-corrected chi connectivity index (χ0v) is 12.7. The molecule has 1 heterocycles. The van der Waals surface area contributed by atoms with Crippen LogP contribution in [0.4, 0.5) is 4.39 Å². The molecule has 0 atom stereocenters. The number of nitrogens with zero attached hydrogens (tertiary/aromatic N) is 1. The third-order valence-electron chi connectivity index (χ3n) is 3.61. The van der Waals surface area contributed by atoms with E-state index in [-0.39, 0.29) is 11.4 Å². The highest BCUT2D eigenvalue weighted by Gasteiger charge is 2.12. The van der Waals surface area contributed by atoms with Crippen LogP contribution in [0, 0.1) is 5.82 Å². The molecule has 0 aliphatic carbocycles. The van der Waals surface area contributed by atoms with Crippen LogP contribution in [0.3, 0.4) is 0 Å². The smallest absolute Gasteiger partial charge is 0.336 e. The van der Waals surface area contributed by atoms with Crippen LogP contribution in [0.25, 0.3) is 17.2 Å². The number of hydrogen-bond donors (Lipinski definition) is 2. The van der Waals surface area contributed by atoms with E-state index in [9.17, 15) is 14.3 Å². The number of hydrogen-bond acceptors (Lipinski definition) is 2. The van der Waals surface area contributed by atoms with Crippen molar-refractivity contribution in [3.8, 4) is 11.1 Å². The van der Waals surface area contributed by atoms with Gasteiger partial charge in [0.15, 0.2) is 0 Å². The van der Waals surface area contributed by atoms with Crippen molar-refractivity contribution in [2.24, 2.45) is 0 Å². The molecule has 0 fully saturated rings. The van der Waals surface area contributed by atoms with Crippen LogP contribution in [0.5, 0.6) is 0 Å². The molecule has 0 bridgehead atoms. The summed E-state index contributed by atoms with van der Waals surface area (Å²) in [5.74, 6) is -0.516. The van der Waals surface area contributed by atoms with Gasteiger partial charge in [0.1, 0.15) is 11.6 Å². The summed E-state index contributed by atoms with van der Waals surface area (Å²) in [6, 6.07) is 10.9. The molecular formula is C19H15FN2O2. The molecule has 5 heteroatoms. The van der Waals surface area contributed by atoms with Crippen LogP contribution in [-0.2, 0) is 6.42 Å². The first-order valence-corrected chi connectivity index (χ1v) is 7.41. The number of H-pyrrole nitrogens is 1. The SMILES string of the molecule is O=C(O)c1ccc(/C=C/Cc2ncc[nH]2)cc1-c1ccc(F)cc1. The number of halogens is 1. The summed E-state index contributed by atoms with van der Waals surface area (Å²) in [6.45, 7) is 0. The van der Waals surface area contributed by atoms with Crippen LogP contribution in [0.1, 0.15) is 21.7 Å². The van der Waals surface area contributed by atoms with Gasteiger partial charge < -0.3 is 10.1 Å². The molecule has 0 amide bonds.